The topological polar surface area (TPSA) is 204 Å². The van der Waals surface area contributed by atoms with E-state index in [1.165, 1.54) is 10.9 Å². The van der Waals surface area contributed by atoms with E-state index in [2.05, 4.69) is 20.4 Å². The van der Waals surface area contributed by atoms with Crippen LogP contribution >= 0.6 is 19.2 Å². The summed E-state index contributed by atoms with van der Waals surface area (Å²) in [6.07, 6.45) is 0.241. The maximum atomic E-state index is 11.8. The van der Waals surface area contributed by atoms with Crippen molar-refractivity contribution in [1.29, 1.82) is 0 Å². The van der Waals surface area contributed by atoms with Crippen LogP contribution in [0.25, 0.3) is 11.0 Å². The summed E-state index contributed by atoms with van der Waals surface area (Å²) in [5.74, 6) is 0.493. The second-order valence-electron chi connectivity index (χ2n) is 8.71. The molecule has 17 heteroatoms. The van der Waals surface area contributed by atoms with Crippen LogP contribution in [0, 0.1) is 0 Å². The summed E-state index contributed by atoms with van der Waals surface area (Å²) in [6, 6.07) is 0.242. The van der Waals surface area contributed by atoms with Crippen LogP contribution in [0.2, 0.25) is 5.28 Å². The quantitative estimate of drug-likeness (QED) is 0.108. The largest absolute Gasteiger partial charge is 1.00 e. The summed E-state index contributed by atoms with van der Waals surface area (Å²) in [7, 11) is -4.08. The second-order valence-corrected chi connectivity index (χ2v) is 10.9. The van der Waals surface area contributed by atoms with E-state index in [-0.39, 0.29) is 46.5 Å². The second kappa shape index (κ2) is 12.2. The molecule has 4 rings (SSSR count). The number of aliphatic hydroxyl groups excluding tert-OH is 3. The van der Waals surface area contributed by atoms with E-state index in [1.54, 1.807) is 0 Å². The molecule has 14 nitrogen and oxygen atoms in total. The molecule has 3 heterocycles. The van der Waals surface area contributed by atoms with Crippen LogP contribution in [-0.4, -0.2) is 96.6 Å². The minimum Gasteiger partial charge on any atom is -0.776 e. The number of hydrogen-bond donors (Lipinski definition) is 5. The van der Waals surface area contributed by atoms with Crippen molar-refractivity contribution in [2.24, 2.45) is 0 Å². The molecule has 2 aliphatic rings. The molecule has 5 N–H and O–H groups in total. The average molecular weight is 560 g/mol. The van der Waals surface area contributed by atoms with E-state index < -0.39 is 57.3 Å². The first kappa shape index (κ1) is 30.1. The summed E-state index contributed by atoms with van der Waals surface area (Å²) in [5, 5.41) is 36.4. The van der Waals surface area contributed by atoms with Crippen molar-refractivity contribution in [3.05, 3.63) is 11.5 Å². The zero-order chi connectivity index (χ0) is 25.4. The maximum absolute atomic E-state index is 11.8. The van der Waals surface area contributed by atoms with Gasteiger partial charge in [0.2, 0.25) is 5.28 Å². The van der Waals surface area contributed by atoms with Crippen molar-refractivity contribution in [2.45, 2.75) is 61.6 Å². The Morgan fingerprint density at radius 3 is 2.64 bits per heavy atom. The SMILES string of the molecule is COCC(CO)(OCC1OC(n2ncc3c(NC4CCCC4)nc(Cl)nc32)C(O)C1O)P(=O)([O-])O.[Na+]. The van der Waals surface area contributed by atoms with Gasteiger partial charge in [-0.05, 0) is 24.4 Å². The van der Waals surface area contributed by atoms with Crippen LogP contribution in [0.1, 0.15) is 31.9 Å². The summed E-state index contributed by atoms with van der Waals surface area (Å²) in [5.41, 5.74) is 0.256. The molecule has 0 spiro atoms. The number of fused-ring (bicyclic) bond motifs is 1. The number of methoxy groups -OCH3 is 1. The Morgan fingerprint density at radius 1 is 1.33 bits per heavy atom. The summed E-state index contributed by atoms with van der Waals surface area (Å²) < 4.78 is 28.9. The standard InChI is InChI=1S/C19H29ClN5O9P.Na/c1-32-9-19(8-26,35(29,30)31)33-7-12-13(27)14(28)17(34-12)25-16-11(6-21-25)15(23-18(20)24-16)22-10-4-2-3-5-10;/h6,10,12-14,17,26-28H,2-5,7-9H2,1H3,(H,22,23,24)(H2,29,30,31);/q;+1/p-1. The number of aromatic nitrogens is 4. The van der Waals surface area contributed by atoms with Crippen molar-refractivity contribution >= 4 is 36.0 Å². The minimum atomic E-state index is -5.24. The Bertz CT molecular complexity index is 1090. The maximum Gasteiger partial charge on any atom is 1.00 e. The van der Waals surface area contributed by atoms with Crippen LogP contribution in [-0.2, 0) is 18.8 Å². The number of rotatable bonds is 10. The number of halogens is 1. The molecule has 0 radical (unpaired) electrons. The van der Waals surface area contributed by atoms with Gasteiger partial charge >= 0.3 is 29.6 Å². The molecule has 1 aliphatic heterocycles. The van der Waals surface area contributed by atoms with Crippen molar-refractivity contribution in [3.63, 3.8) is 0 Å². The molecule has 1 aliphatic carbocycles. The molecule has 196 valence electrons. The number of nitrogens with zero attached hydrogens (tertiary/aromatic N) is 4. The monoisotopic (exact) mass is 559 g/mol. The van der Waals surface area contributed by atoms with Crippen LogP contribution in [0.4, 0.5) is 5.82 Å². The molecule has 1 saturated carbocycles. The Morgan fingerprint density at radius 2 is 2.03 bits per heavy atom. The first-order valence-electron chi connectivity index (χ1n) is 11.1. The van der Waals surface area contributed by atoms with E-state index in [1.807, 2.05) is 0 Å². The fraction of sp³-hybridized carbons (Fsp3) is 0.737. The average Bonchev–Trinajstić information content (AvgIpc) is 3.52. The molecule has 6 atom stereocenters. The number of aliphatic hydroxyl groups is 3. The minimum absolute atomic E-state index is 0. The fourth-order valence-corrected chi connectivity index (χ4v) is 5.25. The summed E-state index contributed by atoms with van der Waals surface area (Å²) in [6.45, 7) is -2.39. The Kier molecular flexibility index (Phi) is 10.2. The van der Waals surface area contributed by atoms with Gasteiger partial charge in [0.1, 0.15) is 24.1 Å². The van der Waals surface area contributed by atoms with Gasteiger partial charge in [0, 0.05) is 13.2 Å². The van der Waals surface area contributed by atoms with Gasteiger partial charge in [-0.1, -0.05) is 12.8 Å². The smallest absolute Gasteiger partial charge is 0.776 e. The number of ether oxygens (including phenoxy) is 3. The fourth-order valence-electron chi connectivity index (χ4n) is 4.38. The van der Waals surface area contributed by atoms with E-state index in [9.17, 15) is 29.7 Å². The van der Waals surface area contributed by atoms with Gasteiger partial charge < -0.3 is 49.2 Å². The zero-order valence-electron chi connectivity index (χ0n) is 19.9. The normalized spacial score (nSPS) is 28.1. The van der Waals surface area contributed by atoms with Crippen LogP contribution < -0.4 is 39.8 Å². The predicted octanol–water partition coefficient (Wildman–Crippen LogP) is -3.65. The van der Waals surface area contributed by atoms with Crippen molar-refractivity contribution in [3.8, 4) is 0 Å². The number of anilines is 1. The Labute approximate surface area is 233 Å². The Hall–Kier alpha value is -0.450. The van der Waals surface area contributed by atoms with E-state index >= 15 is 0 Å². The molecule has 6 unspecified atom stereocenters. The van der Waals surface area contributed by atoms with Crippen LogP contribution in [0.3, 0.4) is 0 Å². The molecule has 2 fully saturated rings. The molecule has 36 heavy (non-hydrogen) atoms. The third-order valence-electron chi connectivity index (χ3n) is 6.35. The van der Waals surface area contributed by atoms with Gasteiger partial charge in [-0.2, -0.15) is 15.1 Å². The molecule has 0 bridgehead atoms. The Balaban J connectivity index is 0.00000361. The molecule has 1 saturated heterocycles. The molecular formula is C19H28ClN5NaO9P. The van der Waals surface area contributed by atoms with E-state index in [4.69, 9.17) is 25.8 Å². The summed E-state index contributed by atoms with van der Waals surface area (Å²) in [4.78, 5) is 29.9. The van der Waals surface area contributed by atoms with Crippen LogP contribution in [0.15, 0.2) is 6.20 Å². The molecule has 2 aromatic heterocycles. The number of hydrogen-bond acceptors (Lipinski definition) is 12. The van der Waals surface area contributed by atoms with Crippen molar-refractivity contribution in [2.75, 3.05) is 32.2 Å². The summed E-state index contributed by atoms with van der Waals surface area (Å²) >= 11 is 6.14. The molecule has 0 aromatic carbocycles. The van der Waals surface area contributed by atoms with Gasteiger partial charge in [-0.25, -0.2) is 4.68 Å². The van der Waals surface area contributed by atoms with Crippen molar-refractivity contribution < 1.29 is 73.4 Å². The third kappa shape index (κ3) is 5.91. The number of nitrogens with one attached hydrogen (secondary N) is 1. The van der Waals surface area contributed by atoms with Gasteiger partial charge in [0.25, 0.3) is 0 Å². The van der Waals surface area contributed by atoms with E-state index in [0.717, 1.165) is 32.8 Å². The zero-order valence-corrected chi connectivity index (χ0v) is 23.5. The van der Waals surface area contributed by atoms with Gasteiger partial charge in [0.05, 0.1) is 31.4 Å². The predicted molar refractivity (Wildman–Crippen MR) is 120 cm³/mol. The van der Waals surface area contributed by atoms with Crippen LogP contribution in [0.5, 0.6) is 0 Å². The molecular weight excluding hydrogens is 532 g/mol. The molecule has 2 aromatic rings. The van der Waals surface area contributed by atoms with E-state index in [0.29, 0.717) is 11.2 Å². The molecule has 0 amide bonds. The first-order valence-corrected chi connectivity index (χ1v) is 13.0. The van der Waals surface area contributed by atoms with Gasteiger partial charge in [0.15, 0.2) is 24.8 Å². The first-order chi connectivity index (χ1) is 16.6. The third-order valence-corrected chi connectivity index (χ3v) is 7.95. The van der Waals surface area contributed by atoms with Gasteiger partial charge in [-0.15, -0.1) is 0 Å². The van der Waals surface area contributed by atoms with Crippen molar-refractivity contribution in [1.82, 2.24) is 19.7 Å². The van der Waals surface area contributed by atoms with Gasteiger partial charge in [-0.3, -0.25) is 0 Å².